The molecule has 2 aromatic rings. The molecule has 146 valence electrons. The fourth-order valence-corrected chi connectivity index (χ4v) is 4.20. The third kappa shape index (κ3) is 4.35. The molecule has 0 atom stereocenters. The van der Waals surface area contributed by atoms with E-state index in [4.69, 9.17) is 0 Å². The van der Waals surface area contributed by atoms with Crippen molar-refractivity contribution < 1.29 is 9.59 Å². The van der Waals surface area contributed by atoms with Crippen molar-refractivity contribution in [1.82, 2.24) is 5.32 Å². The van der Waals surface area contributed by atoms with E-state index >= 15 is 0 Å². The van der Waals surface area contributed by atoms with Crippen LogP contribution in [0.2, 0.25) is 0 Å². The molecular formula is C23H27N3O2. The molecule has 28 heavy (non-hydrogen) atoms. The van der Waals surface area contributed by atoms with E-state index in [0.29, 0.717) is 17.8 Å². The average Bonchev–Trinajstić information content (AvgIpc) is 3.12. The van der Waals surface area contributed by atoms with Crippen LogP contribution in [-0.4, -0.2) is 30.9 Å². The molecule has 5 heteroatoms. The van der Waals surface area contributed by atoms with E-state index in [9.17, 15) is 9.59 Å². The van der Waals surface area contributed by atoms with E-state index in [1.165, 1.54) is 24.8 Å². The molecule has 2 N–H and O–H groups in total. The molecular weight excluding hydrogens is 350 g/mol. The van der Waals surface area contributed by atoms with Gasteiger partial charge in [0.1, 0.15) is 0 Å². The summed E-state index contributed by atoms with van der Waals surface area (Å²) in [5.74, 6) is -0.127. The SMILES string of the molecule is O=C(CN1CCc2ccccc21)Nc1cccc(C(=O)NC2CCCCC2)c1. The van der Waals surface area contributed by atoms with Gasteiger partial charge in [0.25, 0.3) is 5.91 Å². The van der Waals surface area contributed by atoms with Gasteiger partial charge in [-0.05, 0) is 49.1 Å². The van der Waals surface area contributed by atoms with E-state index in [0.717, 1.165) is 31.5 Å². The Labute approximate surface area is 166 Å². The molecule has 1 fully saturated rings. The molecule has 0 radical (unpaired) electrons. The van der Waals surface area contributed by atoms with Gasteiger partial charge in [-0.25, -0.2) is 0 Å². The summed E-state index contributed by atoms with van der Waals surface area (Å²) in [5.41, 5.74) is 3.68. The fraction of sp³-hybridized carbons (Fsp3) is 0.391. The minimum absolute atomic E-state index is 0.0588. The maximum atomic E-state index is 12.5. The van der Waals surface area contributed by atoms with Crippen molar-refractivity contribution in [2.45, 2.75) is 44.6 Å². The van der Waals surface area contributed by atoms with Gasteiger partial charge in [-0.3, -0.25) is 9.59 Å². The summed E-state index contributed by atoms with van der Waals surface area (Å²) in [5, 5.41) is 6.06. The number of nitrogens with zero attached hydrogens (tertiary/aromatic N) is 1. The number of nitrogens with one attached hydrogen (secondary N) is 2. The molecule has 1 saturated carbocycles. The van der Waals surface area contributed by atoms with Gasteiger partial charge in [-0.15, -0.1) is 0 Å². The number of hydrogen-bond donors (Lipinski definition) is 2. The van der Waals surface area contributed by atoms with Gasteiger partial charge in [-0.1, -0.05) is 43.5 Å². The van der Waals surface area contributed by atoms with Crippen LogP contribution >= 0.6 is 0 Å². The lowest BCUT2D eigenvalue weighted by molar-refractivity contribution is -0.115. The van der Waals surface area contributed by atoms with Crippen LogP contribution in [0, 0.1) is 0 Å². The molecule has 5 nitrogen and oxygen atoms in total. The molecule has 2 amide bonds. The van der Waals surface area contributed by atoms with Gasteiger partial charge in [0.05, 0.1) is 6.54 Å². The lowest BCUT2D eigenvalue weighted by Crippen LogP contribution is -2.36. The Balaban J connectivity index is 1.35. The zero-order chi connectivity index (χ0) is 19.3. The fourth-order valence-electron chi connectivity index (χ4n) is 4.20. The second kappa shape index (κ2) is 8.46. The van der Waals surface area contributed by atoms with Gasteiger partial charge in [0.15, 0.2) is 0 Å². The Hall–Kier alpha value is -2.82. The normalized spacial score (nSPS) is 16.5. The zero-order valence-corrected chi connectivity index (χ0v) is 16.1. The van der Waals surface area contributed by atoms with E-state index in [1.54, 1.807) is 12.1 Å². The number of carbonyl (C=O) groups excluding carboxylic acids is 2. The number of para-hydroxylation sites is 1. The highest BCUT2D eigenvalue weighted by molar-refractivity contribution is 5.98. The van der Waals surface area contributed by atoms with Crippen LogP contribution in [0.25, 0.3) is 0 Å². The van der Waals surface area contributed by atoms with Crippen molar-refractivity contribution in [1.29, 1.82) is 0 Å². The summed E-state index contributed by atoms with van der Waals surface area (Å²) in [6.07, 6.45) is 6.70. The number of fused-ring (bicyclic) bond motifs is 1. The van der Waals surface area contributed by atoms with Crippen LogP contribution in [0.4, 0.5) is 11.4 Å². The Bertz CT molecular complexity index is 858. The number of benzene rings is 2. The maximum Gasteiger partial charge on any atom is 0.251 e. The minimum Gasteiger partial charge on any atom is -0.362 e. The first-order chi connectivity index (χ1) is 13.7. The Morgan fingerprint density at radius 3 is 2.68 bits per heavy atom. The molecule has 2 aromatic carbocycles. The number of hydrogen-bond acceptors (Lipinski definition) is 3. The molecule has 0 bridgehead atoms. The largest absolute Gasteiger partial charge is 0.362 e. The van der Waals surface area contributed by atoms with Crippen LogP contribution in [0.1, 0.15) is 48.0 Å². The molecule has 2 aliphatic rings. The highest BCUT2D eigenvalue weighted by Crippen LogP contribution is 2.27. The number of amides is 2. The quantitative estimate of drug-likeness (QED) is 0.834. The highest BCUT2D eigenvalue weighted by atomic mass is 16.2. The molecule has 0 saturated heterocycles. The highest BCUT2D eigenvalue weighted by Gasteiger charge is 2.21. The van der Waals surface area contributed by atoms with Crippen molar-refractivity contribution in [2.75, 3.05) is 23.3 Å². The molecule has 4 rings (SSSR count). The predicted octanol–water partition coefficient (Wildman–Crippen LogP) is 3.75. The summed E-state index contributed by atoms with van der Waals surface area (Å²) < 4.78 is 0. The van der Waals surface area contributed by atoms with Gasteiger partial charge >= 0.3 is 0 Å². The lowest BCUT2D eigenvalue weighted by atomic mass is 9.95. The van der Waals surface area contributed by atoms with Crippen molar-refractivity contribution >= 4 is 23.2 Å². The Morgan fingerprint density at radius 1 is 1.00 bits per heavy atom. The van der Waals surface area contributed by atoms with Crippen molar-refractivity contribution in [3.63, 3.8) is 0 Å². The summed E-state index contributed by atoms with van der Waals surface area (Å²) >= 11 is 0. The first-order valence-corrected chi connectivity index (χ1v) is 10.2. The monoisotopic (exact) mass is 377 g/mol. The van der Waals surface area contributed by atoms with Gasteiger partial charge in [-0.2, -0.15) is 0 Å². The van der Waals surface area contributed by atoms with Crippen molar-refractivity contribution in [2.24, 2.45) is 0 Å². The molecule has 1 aliphatic heterocycles. The molecule has 0 unspecified atom stereocenters. The van der Waals surface area contributed by atoms with Crippen LogP contribution < -0.4 is 15.5 Å². The molecule has 1 heterocycles. The standard InChI is InChI=1S/C23H27N3O2/c27-22(16-26-14-13-17-7-4-5-12-21(17)26)24-20-11-6-8-18(15-20)23(28)25-19-9-2-1-3-10-19/h4-8,11-12,15,19H,1-3,9-10,13-14,16H2,(H,24,27)(H,25,28). The third-order valence-corrected chi connectivity index (χ3v) is 5.67. The smallest absolute Gasteiger partial charge is 0.251 e. The van der Waals surface area contributed by atoms with Gasteiger partial charge in [0.2, 0.25) is 5.91 Å². The second-order valence-electron chi connectivity index (χ2n) is 7.74. The molecule has 0 spiro atoms. The minimum atomic E-state index is -0.0680. The molecule has 0 aromatic heterocycles. The first kappa shape index (κ1) is 18.5. The summed E-state index contributed by atoms with van der Waals surface area (Å²) in [6.45, 7) is 1.17. The van der Waals surface area contributed by atoms with Crippen molar-refractivity contribution in [3.8, 4) is 0 Å². The summed E-state index contributed by atoms with van der Waals surface area (Å²) in [4.78, 5) is 27.2. The number of carbonyl (C=O) groups is 2. The van der Waals surface area contributed by atoms with Crippen LogP contribution in [0.3, 0.4) is 0 Å². The van der Waals surface area contributed by atoms with Crippen LogP contribution in [0.15, 0.2) is 48.5 Å². The van der Waals surface area contributed by atoms with E-state index < -0.39 is 0 Å². The van der Waals surface area contributed by atoms with Crippen molar-refractivity contribution in [3.05, 3.63) is 59.7 Å². The molecule has 1 aliphatic carbocycles. The average molecular weight is 377 g/mol. The summed E-state index contributed by atoms with van der Waals surface area (Å²) in [6, 6.07) is 15.7. The first-order valence-electron chi connectivity index (χ1n) is 10.2. The predicted molar refractivity (Wildman–Crippen MR) is 112 cm³/mol. The van der Waals surface area contributed by atoms with E-state index in [-0.39, 0.29) is 17.9 Å². The Kier molecular flexibility index (Phi) is 5.60. The third-order valence-electron chi connectivity index (χ3n) is 5.67. The summed E-state index contributed by atoms with van der Waals surface area (Å²) in [7, 11) is 0. The van der Waals surface area contributed by atoms with E-state index in [1.807, 2.05) is 24.3 Å². The zero-order valence-electron chi connectivity index (χ0n) is 16.1. The number of rotatable bonds is 5. The lowest BCUT2D eigenvalue weighted by Gasteiger charge is -2.23. The van der Waals surface area contributed by atoms with E-state index in [2.05, 4.69) is 27.7 Å². The van der Waals surface area contributed by atoms with Gasteiger partial charge in [0, 0.05) is 29.5 Å². The van der Waals surface area contributed by atoms with Crippen LogP contribution in [-0.2, 0) is 11.2 Å². The van der Waals surface area contributed by atoms with Gasteiger partial charge < -0.3 is 15.5 Å². The van der Waals surface area contributed by atoms with Crippen LogP contribution in [0.5, 0.6) is 0 Å². The number of anilines is 2. The Morgan fingerprint density at radius 2 is 1.82 bits per heavy atom. The maximum absolute atomic E-state index is 12.5. The second-order valence-corrected chi connectivity index (χ2v) is 7.74. The topological polar surface area (TPSA) is 61.4 Å².